The predicted molar refractivity (Wildman–Crippen MR) is 117 cm³/mol. The van der Waals surface area contributed by atoms with Gasteiger partial charge in [0, 0.05) is 49.7 Å². The van der Waals surface area contributed by atoms with E-state index in [-0.39, 0.29) is 17.4 Å². The number of aromatic amines is 1. The molecule has 1 saturated heterocycles. The molecule has 1 aliphatic rings. The second kappa shape index (κ2) is 9.64. The van der Waals surface area contributed by atoms with E-state index in [4.69, 9.17) is 0 Å². The third-order valence-corrected chi connectivity index (χ3v) is 5.75. The van der Waals surface area contributed by atoms with Crippen molar-refractivity contribution in [2.24, 2.45) is 5.92 Å². The molecule has 10 heteroatoms. The number of halogens is 2. The Balaban J connectivity index is 1.66. The van der Waals surface area contributed by atoms with Crippen molar-refractivity contribution in [1.29, 1.82) is 0 Å². The molecule has 0 spiro atoms. The number of nitrogens with zero attached hydrogens (tertiary/aromatic N) is 7. The molecule has 0 aliphatic carbocycles. The van der Waals surface area contributed by atoms with Gasteiger partial charge in [0.25, 0.3) is 6.43 Å². The maximum atomic E-state index is 14.1. The lowest BCUT2D eigenvalue weighted by Crippen LogP contribution is -2.51. The summed E-state index contributed by atoms with van der Waals surface area (Å²) in [7, 11) is 0. The molecule has 3 heterocycles. The Morgan fingerprint density at radius 3 is 2.66 bits per heavy atom. The van der Waals surface area contributed by atoms with Crippen LogP contribution >= 0.6 is 0 Å². The molecule has 0 saturated carbocycles. The molecule has 0 bridgehead atoms. The lowest BCUT2D eigenvalue weighted by Gasteiger charge is -2.41. The van der Waals surface area contributed by atoms with Crippen LogP contribution in [0.4, 0.5) is 14.5 Å². The minimum atomic E-state index is -2.63. The van der Waals surface area contributed by atoms with Gasteiger partial charge in [0.1, 0.15) is 0 Å². The van der Waals surface area contributed by atoms with E-state index in [2.05, 4.69) is 61.4 Å². The van der Waals surface area contributed by atoms with Crippen LogP contribution in [0.25, 0.3) is 11.4 Å². The van der Waals surface area contributed by atoms with Crippen LogP contribution in [0.1, 0.15) is 44.0 Å². The molecule has 3 aromatic rings. The number of H-pyrrole nitrogens is 1. The zero-order valence-corrected chi connectivity index (χ0v) is 18.5. The molecule has 1 atom stereocenters. The minimum absolute atomic E-state index is 0.0470. The summed E-state index contributed by atoms with van der Waals surface area (Å²) in [6.45, 7) is 9.19. The normalized spacial score (nSPS) is 17.5. The molecule has 32 heavy (non-hydrogen) atoms. The summed E-state index contributed by atoms with van der Waals surface area (Å²) in [5.74, 6) is 0.549. The fourth-order valence-corrected chi connectivity index (χ4v) is 4.31. The lowest BCUT2D eigenvalue weighted by molar-refractivity contribution is 0.151. The van der Waals surface area contributed by atoms with Crippen molar-refractivity contribution in [2.75, 3.05) is 24.5 Å². The van der Waals surface area contributed by atoms with Gasteiger partial charge in [0.2, 0.25) is 5.82 Å². The van der Waals surface area contributed by atoms with Crippen molar-refractivity contribution >= 4 is 5.69 Å². The van der Waals surface area contributed by atoms with Crippen LogP contribution in [0.3, 0.4) is 0 Å². The van der Waals surface area contributed by atoms with E-state index >= 15 is 0 Å². The molecule has 0 amide bonds. The van der Waals surface area contributed by atoms with E-state index in [1.807, 2.05) is 18.2 Å². The molecule has 170 valence electrons. The SMILES string of the molecule is CC(C)Cc1cc(C(F)F)c(-c2nn[nH]n2)c(N2CCN(Cc3cccnn3)[C@@H](C)C2)c1. The van der Waals surface area contributed by atoms with Gasteiger partial charge in [0.05, 0.1) is 11.3 Å². The number of hydrogen-bond donors (Lipinski definition) is 1. The number of hydrogen-bond acceptors (Lipinski definition) is 7. The average molecular weight is 443 g/mol. The van der Waals surface area contributed by atoms with E-state index in [1.165, 1.54) is 0 Å². The summed E-state index contributed by atoms with van der Waals surface area (Å²) in [5, 5.41) is 22.2. The molecule has 0 radical (unpaired) electrons. The smallest absolute Gasteiger partial charge is 0.264 e. The fraction of sp³-hybridized carbons (Fsp3) is 0.500. The standard InChI is InChI=1S/C22H28F2N8/c1-14(2)9-16-10-18(21(23)24)20(22-27-29-30-28-22)19(11-16)32-8-7-31(15(3)12-32)13-17-5-4-6-25-26-17/h4-6,10-11,14-15,21H,7-9,12-13H2,1-3H3,(H,27,28,29,30)/t15-/m0/s1. The number of anilines is 1. The molecule has 1 aromatic carbocycles. The summed E-state index contributed by atoms with van der Waals surface area (Å²) in [6.07, 6.45) is -0.249. The first-order valence-electron chi connectivity index (χ1n) is 10.9. The molecule has 1 N–H and O–H groups in total. The van der Waals surface area contributed by atoms with Gasteiger partial charge >= 0.3 is 0 Å². The third kappa shape index (κ3) is 4.90. The van der Waals surface area contributed by atoms with Crippen molar-refractivity contribution in [3.63, 3.8) is 0 Å². The van der Waals surface area contributed by atoms with Crippen molar-refractivity contribution in [3.8, 4) is 11.4 Å². The Hall–Kier alpha value is -3.01. The summed E-state index contributed by atoms with van der Waals surface area (Å²) < 4.78 is 28.3. The van der Waals surface area contributed by atoms with Crippen LogP contribution in [0.15, 0.2) is 30.5 Å². The van der Waals surface area contributed by atoms with Crippen LogP contribution in [0.2, 0.25) is 0 Å². The van der Waals surface area contributed by atoms with Gasteiger partial charge in [-0.05, 0) is 54.3 Å². The summed E-state index contributed by atoms with van der Waals surface area (Å²) in [5.41, 5.74) is 2.86. The molecule has 8 nitrogen and oxygen atoms in total. The summed E-state index contributed by atoms with van der Waals surface area (Å²) in [6, 6.07) is 7.65. The van der Waals surface area contributed by atoms with Crippen LogP contribution in [0, 0.1) is 5.92 Å². The second-order valence-electron chi connectivity index (χ2n) is 8.69. The molecule has 1 fully saturated rings. The molecule has 4 rings (SSSR count). The average Bonchev–Trinajstić information content (AvgIpc) is 3.29. The van der Waals surface area contributed by atoms with Gasteiger partial charge in [-0.15, -0.1) is 10.2 Å². The highest BCUT2D eigenvalue weighted by Gasteiger charge is 2.30. The predicted octanol–water partition coefficient (Wildman–Crippen LogP) is 3.50. The zero-order chi connectivity index (χ0) is 22.7. The fourth-order valence-electron chi connectivity index (χ4n) is 4.31. The maximum Gasteiger partial charge on any atom is 0.264 e. The summed E-state index contributed by atoms with van der Waals surface area (Å²) >= 11 is 0. The van der Waals surface area contributed by atoms with Gasteiger partial charge in [-0.25, -0.2) is 8.78 Å². The maximum absolute atomic E-state index is 14.1. The minimum Gasteiger partial charge on any atom is -0.368 e. The monoisotopic (exact) mass is 442 g/mol. The first-order valence-corrected chi connectivity index (χ1v) is 10.9. The van der Waals surface area contributed by atoms with Crippen LogP contribution in [-0.4, -0.2) is 61.4 Å². The van der Waals surface area contributed by atoms with E-state index in [0.29, 0.717) is 31.1 Å². The van der Waals surface area contributed by atoms with Crippen molar-refractivity contribution < 1.29 is 8.78 Å². The number of benzene rings is 1. The van der Waals surface area contributed by atoms with Crippen molar-refractivity contribution in [2.45, 2.75) is 46.2 Å². The summed E-state index contributed by atoms with van der Waals surface area (Å²) in [4.78, 5) is 4.50. The van der Waals surface area contributed by atoms with Crippen LogP contribution < -0.4 is 4.90 Å². The first-order chi connectivity index (χ1) is 15.4. The van der Waals surface area contributed by atoms with Gasteiger partial charge in [0.15, 0.2) is 0 Å². The quantitative estimate of drug-likeness (QED) is 0.599. The number of nitrogens with one attached hydrogen (secondary N) is 1. The molecular formula is C22H28F2N8. The van der Waals surface area contributed by atoms with Crippen molar-refractivity contribution in [3.05, 3.63) is 47.3 Å². The Morgan fingerprint density at radius 2 is 2.03 bits per heavy atom. The highest BCUT2D eigenvalue weighted by atomic mass is 19.3. The molecule has 2 aromatic heterocycles. The van der Waals surface area contributed by atoms with Crippen LogP contribution in [-0.2, 0) is 13.0 Å². The molecule has 0 unspecified atom stereocenters. The highest BCUT2D eigenvalue weighted by Crippen LogP contribution is 2.39. The van der Waals surface area contributed by atoms with Gasteiger partial charge in [-0.2, -0.15) is 15.4 Å². The largest absolute Gasteiger partial charge is 0.368 e. The number of tetrazole rings is 1. The molecule has 1 aliphatic heterocycles. The van der Waals surface area contributed by atoms with Gasteiger partial charge in [-0.1, -0.05) is 13.8 Å². The number of aromatic nitrogens is 6. The topological polar surface area (TPSA) is 86.7 Å². The Kier molecular flexibility index (Phi) is 6.69. The van der Waals surface area contributed by atoms with Crippen molar-refractivity contribution in [1.82, 2.24) is 35.7 Å². The highest BCUT2D eigenvalue weighted by molar-refractivity contribution is 5.79. The van der Waals surface area contributed by atoms with Gasteiger partial charge in [-0.3, -0.25) is 4.90 Å². The number of piperazine rings is 1. The van der Waals surface area contributed by atoms with Crippen LogP contribution in [0.5, 0.6) is 0 Å². The van der Waals surface area contributed by atoms with E-state index < -0.39 is 6.43 Å². The lowest BCUT2D eigenvalue weighted by atomic mass is 9.94. The Labute approximate surface area is 186 Å². The van der Waals surface area contributed by atoms with E-state index in [9.17, 15) is 8.78 Å². The zero-order valence-electron chi connectivity index (χ0n) is 18.5. The third-order valence-electron chi connectivity index (χ3n) is 5.75. The van der Waals surface area contributed by atoms with Gasteiger partial charge < -0.3 is 4.90 Å². The molecular weight excluding hydrogens is 414 g/mol. The number of alkyl halides is 2. The first kappa shape index (κ1) is 22.2. The van der Waals surface area contributed by atoms with E-state index in [1.54, 1.807) is 12.3 Å². The Bertz CT molecular complexity index is 1010. The van der Waals surface area contributed by atoms with E-state index in [0.717, 1.165) is 29.9 Å². The Morgan fingerprint density at radius 1 is 1.19 bits per heavy atom. The number of rotatable bonds is 7. The second-order valence-corrected chi connectivity index (χ2v) is 8.69.